The number of hydrogen-bond acceptors (Lipinski definition) is 8. The largest absolute Gasteiger partial charge is 0.468 e. The number of allylic oxidation sites excluding steroid dienone is 3. The fourth-order valence-corrected chi connectivity index (χ4v) is 4.03. The van der Waals surface area contributed by atoms with Crippen LogP contribution in [0, 0.1) is 0 Å². The maximum absolute atomic E-state index is 9.40. The first-order chi connectivity index (χ1) is 13.8. The number of ether oxygens (including phenoxy) is 4. The molecule has 0 aliphatic heterocycles. The highest BCUT2D eigenvalue weighted by atomic mass is 16.6. The second-order valence-corrected chi connectivity index (χ2v) is 6.16. The molecule has 0 spiro atoms. The van der Waals surface area contributed by atoms with Crippen molar-refractivity contribution in [1.82, 2.24) is 0 Å². The van der Waals surface area contributed by atoms with Crippen LogP contribution < -0.4 is 9.47 Å². The molecular weight excluding hydrogens is 368 g/mol. The molecule has 0 amide bonds. The van der Waals surface area contributed by atoms with Crippen LogP contribution in [0.5, 0.6) is 11.5 Å². The van der Waals surface area contributed by atoms with Crippen LogP contribution in [0.3, 0.4) is 0 Å². The molecule has 4 rings (SSSR count). The summed E-state index contributed by atoms with van der Waals surface area (Å²) in [6.45, 7) is -2.21. The third kappa shape index (κ3) is 2.74. The summed E-state index contributed by atoms with van der Waals surface area (Å²) in [5.74, 6) is 1.03. The molecule has 2 aromatic rings. The molecule has 0 aromatic heterocycles. The third-order valence-electron chi connectivity index (χ3n) is 4.91. The lowest BCUT2D eigenvalue weighted by Crippen LogP contribution is -2.20. The van der Waals surface area contributed by atoms with Gasteiger partial charge in [0.25, 0.3) is 0 Å². The van der Waals surface area contributed by atoms with Crippen LogP contribution in [0.15, 0.2) is 36.1 Å². The van der Waals surface area contributed by atoms with E-state index in [1.165, 1.54) is 0 Å². The molecule has 2 aliphatic carbocycles. The maximum atomic E-state index is 9.40. The second-order valence-electron chi connectivity index (χ2n) is 6.16. The minimum absolute atomic E-state index is 0.316. The summed E-state index contributed by atoms with van der Waals surface area (Å²) >= 11 is 0. The zero-order valence-corrected chi connectivity index (χ0v) is 14.9. The van der Waals surface area contributed by atoms with E-state index in [-0.39, 0.29) is 0 Å². The Morgan fingerprint density at radius 3 is 2.36 bits per heavy atom. The van der Waals surface area contributed by atoms with Crippen LogP contribution in [0.2, 0.25) is 0 Å². The van der Waals surface area contributed by atoms with Crippen molar-refractivity contribution in [3.8, 4) is 11.5 Å². The van der Waals surface area contributed by atoms with Gasteiger partial charge in [-0.05, 0) is 12.0 Å². The van der Waals surface area contributed by atoms with Crippen molar-refractivity contribution >= 4 is 16.3 Å². The quantitative estimate of drug-likeness (QED) is 0.500. The van der Waals surface area contributed by atoms with E-state index < -0.39 is 33.3 Å². The molecule has 0 saturated carbocycles. The summed E-state index contributed by atoms with van der Waals surface area (Å²) in [5, 5.41) is 39.1. The highest BCUT2D eigenvalue weighted by molar-refractivity contribution is 6.07. The van der Waals surface area contributed by atoms with Crippen LogP contribution >= 0.6 is 0 Å². The van der Waals surface area contributed by atoms with E-state index in [0.29, 0.717) is 34.6 Å². The van der Waals surface area contributed by atoms with E-state index in [0.717, 1.165) is 22.1 Å². The minimum Gasteiger partial charge on any atom is -0.468 e. The highest BCUT2D eigenvalue weighted by Gasteiger charge is 2.36. The maximum Gasteiger partial charge on any atom is 0.186 e. The van der Waals surface area contributed by atoms with Crippen LogP contribution in [-0.2, 0) is 15.9 Å². The SMILES string of the molecule is OCOC1=C2C=CCc3c(OCO)c(OCO)c4cccc(c4c32)C1OCO. The second kappa shape index (κ2) is 7.78. The van der Waals surface area contributed by atoms with Crippen molar-refractivity contribution in [1.29, 1.82) is 0 Å². The van der Waals surface area contributed by atoms with Crippen molar-refractivity contribution in [3.05, 3.63) is 52.8 Å². The molecule has 0 heterocycles. The summed E-state index contributed by atoms with van der Waals surface area (Å²) < 4.78 is 22.0. The number of aliphatic hydroxyl groups excluding tert-OH is 4. The number of aliphatic hydroxyl groups is 4. The number of benzene rings is 2. The average molecular weight is 388 g/mol. The summed E-state index contributed by atoms with van der Waals surface area (Å²) in [6, 6.07) is 5.44. The molecule has 0 saturated heterocycles. The lowest BCUT2D eigenvalue weighted by atomic mass is 9.79. The van der Waals surface area contributed by atoms with Crippen molar-refractivity contribution in [2.45, 2.75) is 12.5 Å². The molecule has 2 aromatic carbocycles. The predicted molar refractivity (Wildman–Crippen MR) is 98.2 cm³/mol. The highest BCUT2D eigenvalue weighted by Crippen LogP contribution is 2.53. The van der Waals surface area contributed by atoms with E-state index in [1.54, 1.807) is 6.07 Å². The molecular formula is C20H20O8. The number of rotatable bonds is 8. The van der Waals surface area contributed by atoms with E-state index in [4.69, 9.17) is 18.9 Å². The summed E-state index contributed by atoms with van der Waals surface area (Å²) in [7, 11) is 0. The van der Waals surface area contributed by atoms with Gasteiger partial charge in [-0.15, -0.1) is 0 Å². The molecule has 0 fully saturated rings. The molecule has 1 atom stereocenters. The van der Waals surface area contributed by atoms with Crippen LogP contribution in [0.4, 0.5) is 0 Å². The molecule has 2 aliphatic rings. The molecule has 8 nitrogen and oxygen atoms in total. The van der Waals surface area contributed by atoms with Gasteiger partial charge in [0.15, 0.2) is 31.9 Å². The van der Waals surface area contributed by atoms with Gasteiger partial charge in [-0.25, -0.2) is 0 Å². The molecule has 0 bridgehead atoms. The Kier molecular flexibility index (Phi) is 5.21. The van der Waals surface area contributed by atoms with Crippen molar-refractivity contribution in [2.75, 3.05) is 27.2 Å². The minimum atomic E-state index is -0.731. The standard InChI is InChI=1S/C20H20O8/c21-7-25-17-11-3-1-4-12-15(11)16-13(19(17)27-9-23)5-2-6-14(16)20(28-10-24)18(12)26-8-22/h1-5,17,21-24H,6-10H2. The third-order valence-corrected chi connectivity index (χ3v) is 4.91. The molecule has 8 heteroatoms. The van der Waals surface area contributed by atoms with E-state index in [2.05, 4.69) is 0 Å². The van der Waals surface area contributed by atoms with Gasteiger partial charge in [0, 0.05) is 27.5 Å². The fourth-order valence-electron chi connectivity index (χ4n) is 4.03. The van der Waals surface area contributed by atoms with Crippen molar-refractivity contribution in [3.63, 3.8) is 0 Å². The molecule has 148 valence electrons. The van der Waals surface area contributed by atoms with Gasteiger partial charge in [-0.3, -0.25) is 0 Å². The summed E-state index contributed by atoms with van der Waals surface area (Å²) in [6.07, 6.45) is 3.54. The Balaban J connectivity index is 2.13. The Labute approximate surface area is 160 Å². The van der Waals surface area contributed by atoms with Gasteiger partial charge < -0.3 is 39.4 Å². The van der Waals surface area contributed by atoms with E-state index in [9.17, 15) is 20.4 Å². The first-order valence-corrected chi connectivity index (χ1v) is 8.72. The van der Waals surface area contributed by atoms with Gasteiger partial charge in [0.1, 0.15) is 18.7 Å². The van der Waals surface area contributed by atoms with E-state index in [1.807, 2.05) is 24.3 Å². The monoisotopic (exact) mass is 388 g/mol. The topological polar surface area (TPSA) is 118 Å². The van der Waals surface area contributed by atoms with Crippen molar-refractivity contribution < 1.29 is 39.4 Å². The van der Waals surface area contributed by atoms with Crippen LogP contribution in [0.1, 0.15) is 22.8 Å². The Morgan fingerprint density at radius 1 is 0.893 bits per heavy atom. The summed E-state index contributed by atoms with van der Waals surface area (Å²) in [5.41, 5.74) is 3.00. The smallest absolute Gasteiger partial charge is 0.186 e. The van der Waals surface area contributed by atoms with Gasteiger partial charge in [-0.1, -0.05) is 30.4 Å². The van der Waals surface area contributed by atoms with Crippen LogP contribution in [0.25, 0.3) is 16.3 Å². The van der Waals surface area contributed by atoms with Gasteiger partial charge in [0.05, 0.1) is 0 Å². The molecule has 28 heavy (non-hydrogen) atoms. The number of hydrogen-bond donors (Lipinski definition) is 4. The lowest BCUT2D eigenvalue weighted by molar-refractivity contribution is -0.0710. The average Bonchev–Trinajstić information content (AvgIpc) is 2.72. The first kappa shape index (κ1) is 18.7. The van der Waals surface area contributed by atoms with Gasteiger partial charge in [0.2, 0.25) is 0 Å². The Morgan fingerprint density at radius 2 is 1.64 bits per heavy atom. The molecule has 1 unspecified atom stereocenters. The van der Waals surface area contributed by atoms with Gasteiger partial charge in [-0.2, -0.15) is 0 Å². The first-order valence-electron chi connectivity index (χ1n) is 8.72. The lowest BCUT2D eigenvalue weighted by Gasteiger charge is -2.33. The van der Waals surface area contributed by atoms with Crippen LogP contribution in [-0.4, -0.2) is 47.6 Å². The van der Waals surface area contributed by atoms with Crippen molar-refractivity contribution in [2.24, 2.45) is 0 Å². The fraction of sp³-hybridized carbons (Fsp3) is 0.300. The zero-order valence-electron chi connectivity index (χ0n) is 14.9. The normalized spacial score (nSPS) is 17.2. The zero-order chi connectivity index (χ0) is 19.7. The predicted octanol–water partition coefficient (Wildman–Crippen LogP) is 1.31. The van der Waals surface area contributed by atoms with Gasteiger partial charge >= 0.3 is 0 Å². The summed E-state index contributed by atoms with van der Waals surface area (Å²) in [4.78, 5) is 0. The Bertz CT molecular complexity index is 963. The molecule has 0 radical (unpaired) electrons. The molecule has 4 N–H and O–H groups in total. The Hall–Kier alpha value is -2.62. The van der Waals surface area contributed by atoms with E-state index >= 15 is 0 Å².